The van der Waals surface area contributed by atoms with Crippen molar-refractivity contribution in [2.24, 2.45) is 5.92 Å². The Hall–Kier alpha value is -0.390. The van der Waals surface area contributed by atoms with Crippen LogP contribution in [-0.2, 0) is 4.79 Å². The summed E-state index contributed by atoms with van der Waals surface area (Å²) in [6.07, 6.45) is -2.59. The first-order chi connectivity index (χ1) is 8.59. The lowest BCUT2D eigenvalue weighted by Gasteiger charge is -2.28. The first-order valence-corrected chi connectivity index (χ1v) is 7.52. The van der Waals surface area contributed by atoms with Gasteiger partial charge in [0.2, 0.25) is 0 Å². The molecular weight excluding hydrogens is 277 g/mol. The fourth-order valence-corrected chi connectivity index (χ4v) is 2.77. The Morgan fingerprint density at radius 3 is 2.11 bits per heavy atom. The minimum absolute atomic E-state index is 0.0141. The number of carboxylic acid groups (broad SMARTS) is 1. The number of carbonyl (C=O) groups is 1. The molecule has 1 N–H and O–H groups in total. The maximum Gasteiger partial charge on any atom is 0.389 e. The minimum Gasteiger partial charge on any atom is -0.480 e. The summed E-state index contributed by atoms with van der Waals surface area (Å²) in [5.41, 5.74) is 0. The zero-order valence-corrected chi connectivity index (χ0v) is 12.5. The molecular formula is C13H23F3O2S. The molecule has 0 amide bonds. The van der Waals surface area contributed by atoms with Crippen LogP contribution < -0.4 is 0 Å². The average Bonchev–Trinajstić information content (AvgIpc) is 2.25. The van der Waals surface area contributed by atoms with Gasteiger partial charge in [-0.15, -0.1) is 11.8 Å². The second-order valence-corrected chi connectivity index (χ2v) is 6.74. The number of hydrogen-bond donors (Lipinski definition) is 1. The molecule has 114 valence electrons. The highest BCUT2D eigenvalue weighted by Gasteiger charge is 2.36. The molecule has 0 bridgehead atoms. The summed E-state index contributed by atoms with van der Waals surface area (Å²) >= 11 is 1.38. The van der Waals surface area contributed by atoms with Crippen LogP contribution in [-0.4, -0.2) is 27.8 Å². The molecule has 0 saturated heterocycles. The molecule has 0 aromatic heterocycles. The van der Waals surface area contributed by atoms with Gasteiger partial charge < -0.3 is 5.11 Å². The lowest BCUT2D eigenvalue weighted by molar-refractivity contribution is -0.140. The van der Waals surface area contributed by atoms with Crippen LogP contribution in [0.3, 0.4) is 0 Å². The Labute approximate surface area is 117 Å². The average molecular weight is 300 g/mol. The van der Waals surface area contributed by atoms with Crippen LogP contribution in [0.2, 0.25) is 0 Å². The highest BCUT2D eigenvalue weighted by atomic mass is 32.2. The molecule has 0 aromatic carbocycles. The summed E-state index contributed by atoms with van der Waals surface area (Å²) in [5, 5.41) is 9.19. The van der Waals surface area contributed by atoms with Gasteiger partial charge in [0, 0.05) is 6.42 Å². The van der Waals surface area contributed by atoms with Crippen molar-refractivity contribution in [3.63, 3.8) is 0 Å². The van der Waals surface area contributed by atoms with Gasteiger partial charge in [0.05, 0.1) is 0 Å². The summed E-state index contributed by atoms with van der Waals surface area (Å²) in [6.45, 7) is 5.43. The zero-order chi connectivity index (χ0) is 15.1. The van der Waals surface area contributed by atoms with Crippen LogP contribution in [0.4, 0.5) is 13.2 Å². The first kappa shape index (κ1) is 18.6. The largest absolute Gasteiger partial charge is 0.480 e. The van der Waals surface area contributed by atoms with E-state index in [4.69, 9.17) is 0 Å². The Balaban J connectivity index is 3.77. The maximum absolute atomic E-state index is 11.9. The van der Waals surface area contributed by atoms with E-state index in [1.807, 2.05) is 13.8 Å². The van der Waals surface area contributed by atoms with Gasteiger partial charge >= 0.3 is 12.1 Å². The summed E-state index contributed by atoms with van der Waals surface area (Å²) in [7, 11) is 0. The molecule has 0 aliphatic rings. The number of aliphatic carboxylic acids is 1. The molecule has 2 nitrogen and oxygen atoms in total. The maximum atomic E-state index is 11.9. The van der Waals surface area contributed by atoms with Crippen LogP contribution in [0.1, 0.15) is 52.9 Å². The monoisotopic (exact) mass is 300 g/mol. The van der Waals surface area contributed by atoms with Crippen molar-refractivity contribution in [1.29, 1.82) is 0 Å². The number of rotatable bonds is 9. The molecule has 6 heteroatoms. The summed E-state index contributed by atoms with van der Waals surface area (Å²) in [5.74, 6) is -0.141. The molecule has 1 unspecified atom stereocenters. The van der Waals surface area contributed by atoms with E-state index in [-0.39, 0.29) is 12.3 Å². The molecule has 0 heterocycles. The summed E-state index contributed by atoms with van der Waals surface area (Å²) in [4.78, 5) is 11.2. The summed E-state index contributed by atoms with van der Waals surface area (Å²) < 4.78 is 34.9. The zero-order valence-electron chi connectivity index (χ0n) is 11.7. The van der Waals surface area contributed by atoms with E-state index < -0.39 is 23.3 Å². The van der Waals surface area contributed by atoms with E-state index in [1.54, 1.807) is 6.92 Å². The number of alkyl halides is 3. The van der Waals surface area contributed by atoms with Crippen LogP contribution in [0, 0.1) is 5.92 Å². The van der Waals surface area contributed by atoms with Gasteiger partial charge in [0.25, 0.3) is 0 Å². The lowest BCUT2D eigenvalue weighted by atomic mass is 9.97. The van der Waals surface area contributed by atoms with E-state index >= 15 is 0 Å². The normalized spacial score (nSPS) is 15.5. The molecule has 0 aliphatic carbocycles. The lowest BCUT2D eigenvalue weighted by Crippen LogP contribution is -2.37. The smallest absolute Gasteiger partial charge is 0.389 e. The van der Waals surface area contributed by atoms with Crippen molar-refractivity contribution in [3.05, 3.63) is 0 Å². The molecule has 0 aromatic rings. The highest BCUT2D eigenvalue weighted by Crippen LogP contribution is 2.34. The number of thioether (sulfide) groups is 1. The Kier molecular flexibility index (Phi) is 7.86. The van der Waals surface area contributed by atoms with Crippen molar-refractivity contribution < 1.29 is 23.1 Å². The van der Waals surface area contributed by atoms with Gasteiger partial charge in [-0.2, -0.15) is 13.2 Å². The SMILES string of the molecule is CC(C)C(C)(SCCCCCCC(F)(F)F)C(=O)O. The molecule has 1 atom stereocenters. The van der Waals surface area contributed by atoms with E-state index in [0.29, 0.717) is 12.2 Å². The quantitative estimate of drug-likeness (QED) is 0.625. The van der Waals surface area contributed by atoms with Gasteiger partial charge in [-0.05, 0) is 31.4 Å². The van der Waals surface area contributed by atoms with Crippen LogP contribution in [0.25, 0.3) is 0 Å². The van der Waals surface area contributed by atoms with Crippen LogP contribution in [0.15, 0.2) is 0 Å². The van der Waals surface area contributed by atoms with Crippen molar-refractivity contribution >= 4 is 17.7 Å². The predicted octanol–water partition coefficient (Wildman–Crippen LogP) is 4.73. The molecule has 0 radical (unpaired) electrons. The van der Waals surface area contributed by atoms with Crippen molar-refractivity contribution in [2.75, 3.05) is 5.75 Å². The van der Waals surface area contributed by atoms with Gasteiger partial charge in [0.15, 0.2) is 0 Å². The molecule has 0 spiro atoms. The van der Waals surface area contributed by atoms with Crippen molar-refractivity contribution in [3.8, 4) is 0 Å². The van der Waals surface area contributed by atoms with E-state index in [0.717, 1.165) is 12.8 Å². The highest BCUT2D eigenvalue weighted by molar-refractivity contribution is 8.01. The Bertz CT molecular complexity index is 280. The van der Waals surface area contributed by atoms with Crippen LogP contribution >= 0.6 is 11.8 Å². The topological polar surface area (TPSA) is 37.3 Å². The van der Waals surface area contributed by atoms with Crippen molar-refractivity contribution in [2.45, 2.75) is 63.8 Å². The second-order valence-electron chi connectivity index (χ2n) is 5.19. The number of unbranched alkanes of at least 4 members (excludes halogenated alkanes) is 3. The minimum atomic E-state index is -4.06. The van der Waals surface area contributed by atoms with Gasteiger partial charge in [-0.1, -0.05) is 26.7 Å². The van der Waals surface area contributed by atoms with E-state index in [1.165, 1.54) is 11.8 Å². The third-order valence-electron chi connectivity index (χ3n) is 3.28. The Morgan fingerprint density at radius 2 is 1.68 bits per heavy atom. The number of carboxylic acids is 1. The molecule has 0 aliphatic heterocycles. The van der Waals surface area contributed by atoms with Gasteiger partial charge in [-0.25, -0.2) is 0 Å². The fourth-order valence-electron chi connectivity index (χ4n) is 1.54. The van der Waals surface area contributed by atoms with E-state index in [2.05, 4.69) is 0 Å². The second kappa shape index (κ2) is 8.02. The summed E-state index contributed by atoms with van der Waals surface area (Å²) in [6, 6.07) is 0. The third kappa shape index (κ3) is 7.70. The standard InChI is InChI=1S/C13H23F3O2S/c1-10(2)12(3,11(17)18)19-9-7-5-4-6-8-13(14,15)16/h10H,4-9H2,1-3H3,(H,17,18). The molecule has 19 heavy (non-hydrogen) atoms. The fraction of sp³-hybridized carbons (Fsp3) is 0.923. The first-order valence-electron chi connectivity index (χ1n) is 6.53. The van der Waals surface area contributed by atoms with Gasteiger partial charge in [0.1, 0.15) is 4.75 Å². The molecule has 0 saturated carbocycles. The molecule has 0 rings (SSSR count). The van der Waals surface area contributed by atoms with Crippen molar-refractivity contribution in [1.82, 2.24) is 0 Å². The predicted molar refractivity (Wildman–Crippen MR) is 72.5 cm³/mol. The number of hydrogen-bond acceptors (Lipinski definition) is 2. The third-order valence-corrected chi connectivity index (χ3v) is 5.02. The van der Waals surface area contributed by atoms with Crippen LogP contribution in [0.5, 0.6) is 0 Å². The Morgan fingerprint density at radius 1 is 1.16 bits per heavy atom. The molecule has 0 fully saturated rings. The van der Waals surface area contributed by atoms with E-state index in [9.17, 15) is 23.1 Å². The van der Waals surface area contributed by atoms with Gasteiger partial charge in [-0.3, -0.25) is 4.79 Å². The number of halogens is 3.